The first-order chi connectivity index (χ1) is 7.34. The molecule has 2 N–H and O–H groups in total. The second-order valence-electron chi connectivity index (χ2n) is 3.44. The van der Waals surface area contributed by atoms with Crippen LogP contribution in [0.5, 0.6) is 0 Å². The summed E-state index contributed by atoms with van der Waals surface area (Å²) in [6.45, 7) is 6.30. The van der Waals surface area contributed by atoms with Crippen LogP contribution in [-0.2, 0) is 6.42 Å². The third kappa shape index (κ3) is 5.30. The molecule has 1 aromatic carbocycles. The lowest BCUT2D eigenvalue weighted by Gasteiger charge is -2.06. The summed E-state index contributed by atoms with van der Waals surface area (Å²) in [4.78, 5) is 0. The molecule has 0 fully saturated rings. The second-order valence-corrected chi connectivity index (χ2v) is 4.30. The molecule has 0 aromatic heterocycles. The van der Waals surface area contributed by atoms with E-state index in [4.69, 9.17) is 0 Å². The summed E-state index contributed by atoms with van der Waals surface area (Å²) in [6.07, 6.45) is 1.08. The molecular formula is C12H19BrN2. The average molecular weight is 271 g/mol. The summed E-state index contributed by atoms with van der Waals surface area (Å²) in [5.41, 5.74) is 1.37. The molecule has 0 aliphatic carbocycles. The van der Waals surface area contributed by atoms with Crippen molar-refractivity contribution < 1.29 is 0 Å². The van der Waals surface area contributed by atoms with Gasteiger partial charge in [0, 0.05) is 17.6 Å². The van der Waals surface area contributed by atoms with Crippen molar-refractivity contribution in [2.24, 2.45) is 0 Å². The fraction of sp³-hybridized carbons (Fsp3) is 0.500. The van der Waals surface area contributed by atoms with Gasteiger partial charge in [0.1, 0.15) is 0 Å². The number of rotatable bonds is 7. The van der Waals surface area contributed by atoms with Crippen LogP contribution >= 0.6 is 15.9 Å². The molecule has 84 valence electrons. The molecule has 0 amide bonds. The molecule has 3 heteroatoms. The number of halogens is 1. The van der Waals surface area contributed by atoms with Gasteiger partial charge >= 0.3 is 0 Å². The number of benzene rings is 1. The topological polar surface area (TPSA) is 24.1 Å². The first-order valence-corrected chi connectivity index (χ1v) is 6.28. The van der Waals surface area contributed by atoms with Gasteiger partial charge in [0.2, 0.25) is 0 Å². The van der Waals surface area contributed by atoms with Gasteiger partial charge in [-0.3, -0.25) is 0 Å². The molecule has 0 heterocycles. The van der Waals surface area contributed by atoms with Crippen molar-refractivity contribution in [3.63, 3.8) is 0 Å². The minimum Gasteiger partial charge on any atom is -0.316 e. The Morgan fingerprint density at radius 3 is 2.53 bits per heavy atom. The molecule has 0 spiro atoms. The van der Waals surface area contributed by atoms with E-state index in [9.17, 15) is 0 Å². The number of nitrogens with one attached hydrogen (secondary N) is 2. The van der Waals surface area contributed by atoms with Crippen LogP contribution in [0.15, 0.2) is 28.7 Å². The number of hydrogen-bond acceptors (Lipinski definition) is 2. The zero-order valence-electron chi connectivity index (χ0n) is 9.22. The van der Waals surface area contributed by atoms with Crippen molar-refractivity contribution in [2.75, 3.05) is 26.2 Å². The Morgan fingerprint density at radius 2 is 1.80 bits per heavy atom. The van der Waals surface area contributed by atoms with Crippen LogP contribution in [0.3, 0.4) is 0 Å². The maximum atomic E-state index is 3.55. The summed E-state index contributed by atoms with van der Waals surface area (Å²) in [5.74, 6) is 0. The largest absolute Gasteiger partial charge is 0.316 e. The van der Waals surface area contributed by atoms with Crippen LogP contribution < -0.4 is 10.6 Å². The molecule has 0 saturated carbocycles. The van der Waals surface area contributed by atoms with E-state index in [1.807, 2.05) is 6.07 Å². The molecular weight excluding hydrogens is 252 g/mol. The molecule has 2 nitrogen and oxygen atoms in total. The third-order valence-corrected chi connectivity index (χ3v) is 3.03. The van der Waals surface area contributed by atoms with E-state index in [-0.39, 0.29) is 0 Å². The third-order valence-electron chi connectivity index (χ3n) is 2.26. The number of hydrogen-bond donors (Lipinski definition) is 2. The molecule has 0 aliphatic rings. The van der Waals surface area contributed by atoms with E-state index in [0.29, 0.717) is 0 Å². The molecule has 0 aliphatic heterocycles. The molecule has 0 radical (unpaired) electrons. The van der Waals surface area contributed by atoms with Gasteiger partial charge in [-0.05, 0) is 31.1 Å². The second kappa shape index (κ2) is 7.85. The minimum atomic E-state index is 1.04. The molecule has 15 heavy (non-hydrogen) atoms. The molecule has 0 saturated heterocycles. The predicted octanol–water partition coefficient (Wildman–Crippen LogP) is 2.19. The van der Waals surface area contributed by atoms with Gasteiger partial charge in [-0.2, -0.15) is 0 Å². The maximum absolute atomic E-state index is 3.55. The van der Waals surface area contributed by atoms with E-state index < -0.39 is 0 Å². The van der Waals surface area contributed by atoms with Crippen LogP contribution in [0.2, 0.25) is 0 Å². The van der Waals surface area contributed by atoms with Crippen LogP contribution in [0.1, 0.15) is 12.5 Å². The van der Waals surface area contributed by atoms with Crippen molar-refractivity contribution in [1.82, 2.24) is 10.6 Å². The van der Waals surface area contributed by atoms with Gasteiger partial charge < -0.3 is 10.6 Å². The van der Waals surface area contributed by atoms with Crippen molar-refractivity contribution in [2.45, 2.75) is 13.3 Å². The standard InChI is InChI=1S/C12H19BrN2/c1-2-14-9-10-15-8-7-11-5-3-4-6-12(11)13/h3-6,14-15H,2,7-10H2,1H3. The molecule has 0 unspecified atom stereocenters. The normalized spacial score (nSPS) is 10.5. The summed E-state index contributed by atoms with van der Waals surface area (Å²) >= 11 is 3.55. The smallest absolute Gasteiger partial charge is 0.0207 e. The SMILES string of the molecule is CCNCCNCCc1ccccc1Br. The van der Waals surface area contributed by atoms with Gasteiger partial charge in [-0.15, -0.1) is 0 Å². The van der Waals surface area contributed by atoms with Gasteiger partial charge in [0.05, 0.1) is 0 Å². The fourth-order valence-electron chi connectivity index (χ4n) is 1.40. The highest BCUT2D eigenvalue weighted by molar-refractivity contribution is 9.10. The van der Waals surface area contributed by atoms with Gasteiger partial charge in [0.25, 0.3) is 0 Å². The monoisotopic (exact) mass is 270 g/mol. The summed E-state index contributed by atoms with van der Waals surface area (Å²) < 4.78 is 1.21. The highest BCUT2D eigenvalue weighted by Crippen LogP contribution is 2.15. The lowest BCUT2D eigenvalue weighted by Crippen LogP contribution is -2.28. The minimum absolute atomic E-state index is 1.04. The molecule has 1 rings (SSSR count). The van der Waals surface area contributed by atoms with Gasteiger partial charge in [0.15, 0.2) is 0 Å². The predicted molar refractivity (Wildman–Crippen MR) is 69.3 cm³/mol. The summed E-state index contributed by atoms with van der Waals surface area (Å²) in [6, 6.07) is 8.38. The lowest BCUT2D eigenvalue weighted by molar-refractivity contribution is 0.624. The van der Waals surface area contributed by atoms with Crippen molar-refractivity contribution in [3.05, 3.63) is 34.3 Å². The highest BCUT2D eigenvalue weighted by atomic mass is 79.9. The molecule has 1 aromatic rings. The highest BCUT2D eigenvalue weighted by Gasteiger charge is 1.96. The first-order valence-electron chi connectivity index (χ1n) is 5.49. The summed E-state index contributed by atoms with van der Waals surface area (Å²) in [7, 11) is 0. The van der Waals surface area contributed by atoms with Crippen molar-refractivity contribution >= 4 is 15.9 Å². The van der Waals surface area contributed by atoms with E-state index in [1.54, 1.807) is 0 Å². The van der Waals surface area contributed by atoms with Crippen LogP contribution in [-0.4, -0.2) is 26.2 Å². The van der Waals surface area contributed by atoms with Gasteiger partial charge in [-0.1, -0.05) is 41.1 Å². The Hall–Kier alpha value is -0.380. The van der Waals surface area contributed by atoms with E-state index in [2.05, 4.69) is 51.7 Å². The fourth-order valence-corrected chi connectivity index (χ4v) is 1.89. The van der Waals surface area contributed by atoms with E-state index in [0.717, 1.165) is 32.6 Å². The lowest BCUT2D eigenvalue weighted by atomic mass is 10.1. The van der Waals surface area contributed by atoms with Crippen LogP contribution in [0.25, 0.3) is 0 Å². The Labute approximate surface area is 101 Å². The first kappa shape index (κ1) is 12.7. The summed E-state index contributed by atoms with van der Waals surface area (Å²) in [5, 5.41) is 6.70. The quantitative estimate of drug-likeness (QED) is 0.743. The molecule has 0 bridgehead atoms. The Morgan fingerprint density at radius 1 is 1.07 bits per heavy atom. The number of likely N-dealkylation sites (N-methyl/N-ethyl adjacent to an activating group) is 1. The van der Waals surface area contributed by atoms with Crippen molar-refractivity contribution in [1.29, 1.82) is 0 Å². The zero-order valence-corrected chi connectivity index (χ0v) is 10.8. The average Bonchev–Trinajstić information content (AvgIpc) is 2.25. The zero-order chi connectivity index (χ0) is 10.9. The van der Waals surface area contributed by atoms with E-state index >= 15 is 0 Å². The maximum Gasteiger partial charge on any atom is 0.0207 e. The Balaban J connectivity index is 2.12. The van der Waals surface area contributed by atoms with Crippen molar-refractivity contribution in [3.8, 4) is 0 Å². The van der Waals surface area contributed by atoms with E-state index in [1.165, 1.54) is 10.0 Å². The Kier molecular flexibility index (Phi) is 6.64. The van der Waals surface area contributed by atoms with Crippen LogP contribution in [0.4, 0.5) is 0 Å². The molecule has 0 atom stereocenters. The van der Waals surface area contributed by atoms with Crippen LogP contribution in [0, 0.1) is 0 Å². The Bertz CT molecular complexity index is 276. The van der Waals surface area contributed by atoms with Gasteiger partial charge in [-0.25, -0.2) is 0 Å².